The largest absolute Gasteiger partial charge is 0.307 e. The van der Waals surface area contributed by atoms with Gasteiger partial charge >= 0.3 is 0 Å². The van der Waals surface area contributed by atoms with Crippen LogP contribution in [-0.4, -0.2) is 14.9 Å². The van der Waals surface area contributed by atoms with Crippen molar-refractivity contribution in [2.24, 2.45) is 0 Å². The first-order valence-corrected chi connectivity index (χ1v) is 6.28. The topological polar surface area (TPSA) is 81.0 Å². The van der Waals surface area contributed by atoms with Gasteiger partial charge < -0.3 is 5.32 Å². The highest BCUT2D eigenvalue weighted by Crippen LogP contribution is 2.23. The lowest BCUT2D eigenvalue weighted by atomic mass is 10.1. The number of nitrogens with zero attached hydrogens (tertiary/aromatic N) is 3. The van der Waals surface area contributed by atoms with Crippen LogP contribution < -0.4 is 5.32 Å². The molecule has 2 aromatic rings. The first-order chi connectivity index (χ1) is 9.59. The number of aryl methyl sites for hydroxylation is 1. The molecule has 0 saturated heterocycles. The van der Waals surface area contributed by atoms with Gasteiger partial charge in [-0.2, -0.15) is 0 Å². The van der Waals surface area contributed by atoms with Gasteiger partial charge in [0.1, 0.15) is 0 Å². The van der Waals surface area contributed by atoms with Crippen molar-refractivity contribution in [1.82, 2.24) is 15.3 Å². The summed E-state index contributed by atoms with van der Waals surface area (Å²) in [4.78, 5) is 18.9. The highest BCUT2D eigenvalue weighted by atomic mass is 16.6. The average molecular weight is 272 g/mol. The summed E-state index contributed by atoms with van der Waals surface area (Å²) in [7, 11) is 0. The van der Waals surface area contributed by atoms with E-state index in [1.54, 1.807) is 32.4 Å². The summed E-state index contributed by atoms with van der Waals surface area (Å²) in [5.74, 6) is 0. The molecule has 2 heterocycles. The Morgan fingerprint density at radius 1 is 1.25 bits per heavy atom. The maximum Gasteiger partial charge on any atom is 0.278 e. The van der Waals surface area contributed by atoms with E-state index in [9.17, 15) is 10.1 Å². The van der Waals surface area contributed by atoms with Gasteiger partial charge in [0.05, 0.1) is 10.6 Å². The standard InChI is InChI=1S/C14H16N4O2/c1-10-7-17-13(11(2)14(10)18(19)20)9-16-8-12-3-5-15-6-4-12/h3-7,16H,8-9H2,1-2H3. The van der Waals surface area contributed by atoms with E-state index in [4.69, 9.17) is 0 Å². The SMILES string of the molecule is Cc1cnc(CNCc2ccncc2)c(C)c1[N+](=O)[O-]. The smallest absolute Gasteiger partial charge is 0.278 e. The van der Waals surface area contributed by atoms with Crippen molar-refractivity contribution in [1.29, 1.82) is 0 Å². The van der Waals surface area contributed by atoms with Crippen LogP contribution in [0.5, 0.6) is 0 Å². The molecule has 2 aromatic heterocycles. The van der Waals surface area contributed by atoms with Gasteiger partial charge in [0.25, 0.3) is 5.69 Å². The number of pyridine rings is 2. The van der Waals surface area contributed by atoms with Crippen LogP contribution >= 0.6 is 0 Å². The van der Waals surface area contributed by atoms with Gasteiger partial charge in [0.15, 0.2) is 0 Å². The summed E-state index contributed by atoms with van der Waals surface area (Å²) < 4.78 is 0. The Balaban J connectivity index is 2.07. The van der Waals surface area contributed by atoms with Crippen LogP contribution in [0, 0.1) is 24.0 Å². The summed E-state index contributed by atoms with van der Waals surface area (Å²) in [5, 5.41) is 14.3. The molecule has 0 spiro atoms. The van der Waals surface area contributed by atoms with Crippen LogP contribution in [-0.2, 0) is 13.1 Å². The quantitative estimate of drug-likeness (QED) is 0.667. The minimum Gasteiger partial charge on any atom is -0.307 e. The molecule has 0 fully saturated rings. The van der Waals surface area contributed by atoms with Gasteiger partial charge in [0, 0.05) is 42.8 Å². The number of hydrogen-bond acceptors (Lipinski definition) is 5. The first-order valence-electron chi connectivity index (χ1n) is 6.28. The fraction of sp³-hybridized carbons (Fsp3) is 0.286. The van der Waals surface area contributed by atoms with Gasteiger partial charge in [-0.25, -0.2) is 0 Å². The third-order valence-electron chi connectivity index (χ3n) is 3.13. The van der Waals surface area contributed by atoms with Crippen molar-refractivity contribution >= 4 is 5.69 Å². The Hall–Kier alpha value is -2.34. The van der Waals surface area contributed by atoms with E-state index in [0.717, 1.165) is 5.56 Å². The predicted octanol–water partition coefficient (Wildman–Crippen LogP) is 2.29. The Morgan fingerprint density at radius 3 is 2.60 bits per heavy atom. The van der Waals surface area contributed by atoms with Crippen molar-refractivity contribution in [3.8, 4) is 0 Å². The van der Waals surface area contributed by atoms with E-state index in [1.165, 1.54) is 0 Å². The molecule has 0 aliphatic carbocycles. The number of aromatic nitrogens is 2. The maximum absolute atomic E-state index is 11.0. The molecule has 0 atom stereocenters. The lowest BCUT2D eigenvalue weighted by Gasteiger charge is -2.08. The molecule has 0 aliphatic heterocycles. The van der Waals surface area contributed by atoms with Crippen LogP contribution in [0.4, 0.5) is 5.69 Å². The van der Waals surface area contributed by atoms with E-state index in [2.05, 4.69) is 15.3 Å². The van der Waals surface area contributed by atoms with E-state index >= 15 is 0 Å². The van der Waals surface area contributed by atoms with Gasteiger partial charge in [-0.05, 0) is 31.5 Å². The third kappa shape index (κ3) is 3.16. The highest BCUT2D eigenvalue weighted by Gasteiger charge is 2.18. The molecule has 6 heteroatoms. The number of nitro groups is 1. The van der Waals surface area contributed by atoms with Crippen LogP contribution in [0.15, 0.2) is 30.7 Å². The van der Waals surface area contributed by atoms with Crippen LogP contribution in [0.1, 0.15) is 22.4 Å². The van der Waals surface area contributed by atoms with Crippen molar-refractivity contribution in [3.63, 3.8) is 0 Å². The molecular weight excluding hydrogens is 256 g/mol. The average Bonchev–Trinajstić information content (AvgIpc) is 2.42. The molecule has 6 nitrogen and oxygen atoms in total. The Morgan fingerprint density at radius 2 is 1.95 bits per heavy atom. The van der Waals surface area contributed by atoms with Crippen molar-refractivity contribution < 1.29 is 4.92 Å². The summed E-state index contributed by atoms with van der Waals surface area (Å²) in [6, 6.07) is 3.84. The van der Waals surface area contributed by atoms with Crippen LogP contribution in [0.3, 0.4) is 0 Å². The molecule has 0 bridgehead atoms. The Kier molecular flexibility index (Phi) is 4.37. The van der Waals surface area contributed by atoms with Gasteiger partial charge in [-0.15, -0.1) is 0 Å². The second-order valence-corrected chi connectivity index (χ2v) is 4.58. The summed E-state index contributed by atoms with van der Waals surface area (Å²) in [6.45, 7) is 4.61. The van der Waals surface area contributed by atoms with Gasteiger partial charge in [0.2, 0.25) is 0 Å². The molecule has 0 saturated carbocycles. The minimum absolute atomic E-state index is 0.153. The predicted molar refractivity (Wildman–Crippen MR) is 75.1 cm³/mol. The number of hydrogen-bond donors (Lipinski definition) is 1. The summed E-state index contributed by atoms with van der Waals surface area (Å²) in [6.07, 6.45) is 5.02. The number of rotatable bonds is 5. The molecule has 0 radical (unpaired) electrons. The fourth-order valence-corrected chi connectivity index (χ4v) is 2.05. The molecular formula is C14H16N4O2. The molecule has 0 amide bonds. The third-order valence-corrected chi connectivity index (χ3v) is 3.13. The van der Waals surface area contributed by atoms with E-state index in [1.807, 2.05) is 12.1 Å². The second kappa shape index (κ2) is 6.21. The molecule has 0 aliphatic rings. The highest BCUT2D eigenvalue weighted by molar-refractivity contribution is 5.47. The van der Waals surface area contributed by atoms with Gasteiger partial charge in [-0.3, -0.25) is 20.1 Å². The summed E-state index contributed by atoms with van der Waals surface area (Å²) >= 11 is 0. The zero-order valence-corrected chi connectivity index (χ0v) is 11.5. The molecule has 1 N–H and O–H groups in total. The number of nitrogens with one attached hydrogen (secondary N) is 1. The minimum atomic E-state index is -0.349. The Bertz CT molecular complexity index is 614. The van der Waals surface area contributed by atoms with E-state index < -0.39 is 0 Å². The lowest BCUT2D eigenvalue weighted by Crippen LogP contribution is -2.15. The van der Waals surface area contributed by atoms with Crippen molar-refractivity contribution in [2.75, 3.05) is 0 Å². The zero-order valence-electron chi connectivity index (χ0n) is 11.5. The van der Waals surface area contributed by atoms with Crippen LogP contribution in [0.25, 0.3) is 0 Å². The van der Waals surface area contributed by atoms with E-state index in [0.29, 0.717) is 29.9 Å². The normalized spacial score (nSPS) is 10.5. The molecule has 104 valence electrons. The fourth-order valence-electron chi connectivity index (χ4n) is 2.05. The lowest BCUT2D eigenvalue weighted by molar-refractivity contribution is -0.386. The van der Waals surface area contributed by atoms with Gasteiger partial charge in [-0.1, -0.05) is 0 Å². The zero-order chi connectivity index (χ0) is 14.5. The summed E-state index contributed by atoms with van der Waals surface area (Å²) in [5.41, 5.74) is 3.18. The van der Waals surface area contributed by atoms with Crippen LogP contribution in [0.2, 0.25) is 0 Å². The van der Waals surface area contributed by atoms with E-state index in [-0.39, 0.29) is 10.6 Å². The second-order valence-electron chi connectivity index (χ2n) is 4.58. The molecule has 20 heavy (non-hydrogen) atoms. The first kappa shape index (κ1) is 14.1. The molecule has 2 rings (SSSR count). The molecule has 0 unspecified atom stereocenters. The Labute approximate surface area is 117 Å². The maximum atomic E-state index is 11.0. The molecule has 0 aromatic carbocycles. The van der Waals surface area contributed by atoms with Crippen molar-refractivity contribution in [3.05, 3.63) is 63.2 Å². The van der Waals surface area contributed by atoms with Crippen molar-refractivity contribution in [2.45, 2.75) is 26.9 Å². The monoisotopic (exact) mass is 272 g/mol.